The quantitative estimate of drug-likeness (QED) is 0.779. The molecule has 0 N–H and O–H groups in total. The second-order valence-electron chi connectivity index (χ2n) is 5.44. The van der Waals surface area contributed by atoms with Crippen LogP contribution in [0.2, 0.25) is 0 Å². The zero-order chi connectivity index (χ0) is 14.3. The van der Waals surface area contributed by atoms with Gasteiger partial charge in [0.25, 0.3) is 0 Å². The Hall–Kier alpha value is -1.12. The number of rotatable bonds is 2. The molecular weight excluding hydrogens is 295 g/mol. The van der Waals surface area contributed by atoms with Crippen molar-refractivity contribution in [1.82, 2.24) is 0 Å². The first-order chi connectivity index (χ1) is 9.59. The van der Waals surface area contributed by atoms with Crippen molar-refractivity contribution in [2.75, 3.05) is 0 Å². The molecule has 0 bridgehead atoms. The van der Waals surface area contributed by atoms with Crippen LogP contribution >= 0.6 is 23.2 Å². The van der Waals surface area contributed by atoms with Crippen LogP contribution in [0.15, 0.2) is 30.3 Å². The summed E-state index contributed by atoms with van der Waals surface area (Å²) in [5, 5.41) is -0.905. The first-order valence-electron chi connectivity index (χ1n) is 6.76. The molecule has 0 unspecified atom stereocenters. The van der Waals surface area contributed by atoms with Gasteiger partial charge in [-0.25, -0.2) is 0 Å². The van der Waals surface area contributed by atoms with Gasteiger partial charge in [-0.15, -0.1) is 0 Å². The van der Waals surface area contributed by atoms with Gasteiger partial charge in [0.1, 0.15) is 0 Å². The van der Waals surface area contributed by atoms with Crippen molar-refractivity contribution < 1.29 is 9.59 Å². The monoisotopic (exact) mass is 308 g/mol. The van der Waals surface area contributed by atoms with Crippen molar-refractivity contribution in [2.24, 2.45) is 17.8 Å². The zero-order valence-electron chi connectivity index (χ0n) is 10.8. The van der Waals surface area contributed by atoms with Gasteiger partial charge < -0.3 is 0 Å². The average Bonchev–Trinajstić information content (AvgIpc) is 2.45. The van der Waals surface area contributed by atoms with Gasteiger partial charge in [-0.3, -0.25) is 9.59 Å². The van der Waals surface area contributed by atoms with Crippen molar-refractivity contribution in [3.8, 4) is 0 Å². The Labute approximate surface area is 127 Å². The number of hydrogen-bond acceptors (Lipinski definition) is 2. The summed E-state index contributed by atoms with van der Waals surface area (Å²) in [6.45, 7) is 0. The number of aryl methyl sites for hydroxylation is 1. The Bertz CT molecular complexity index is 606. The van der Waals surface area contributed by atoms with Crippen LogP contribution in [-0.4, -0.2) is 10.5 Å². The average molecular weight is 309 g/mol. The molecular formula is C16H14Cl2O2. The third-order valence-electron chi connectivity index (χ3n) is 4.46. The van der Waals surface area contributed by atoms with Gasteiger partial charge in [-0.05, 0) is 65.1 Å². The topological polar surface area (TPSA) is 34.1 Å². The summed E-state index contributed by atoms with van der Waals surface area (Å²) in [7, 11) is 0. The van der Waals surface area contributed by atoms with Crippen molar-refractivity contribution in [1.29, 1.82) is 0 Å². The molecule has 20 heavy (non-hydrogen) atoms. The third kappa shape index (κ3) is 2.21. The minimum Gasteiger partial charge on any atom is -0.281 e. The lowest BCUT2D eigenvalue weighted by Gasteiger charge is -2.38. The number of fused-ring (bicyclic) bond motifs is 3. The Kier molecular flexibility index (Phi) is 3.70. The van der Waals surface area contributed by atoms with E-state index in [0.29, 0.717) is 6.42 Å². The smallest absolute Gasteiger partial charge is 0.226 e. The van der Waals surface area contributed by atoms with Crippen molar-refractivity contribution >= 4 is 39.3 Å². The van der Waals surface area contributed by atoms with Gasteiger partial charge in [0, 0.05) is 5.92 Å². The van der Waals surface area contributed by atoms with Gasteiger partial charge in [0.05, 0.1) is 5.92 Å². The fourth-order valence-electron chi connectivity index (χ4n) is 3.55. The second-order valence-corrected chi connectivity index (χ2v) is 6.18. The molecule has 0 fully saturated rings. The number of halogens is 2. The SMILES string of the molecule is O=C(Cl)[C@@H]1[C@@H]2CCc3ccccc3C2=CC[C@H]1C(=O)Cl. The molecule has 0 saturated carbocycles. The van der Waals surface area contributed by atoms with Crippen LogP contribution in [-0.2, 0) is 16.0 Å². The van der Waals surface area contributed by atoms with Crippen LogP contribution < -0.4 is 0 Å². The number of hydrogen-bond donors (Lipinski definition) is 0. The Balaban J connectivity index is 2.06. The van der Waals surface area contributed by atoms with E-state index in [1.165, 1.54) is 11.1 Å². The molecule has 2 aliphatic carbocycles. The van der Waals surface area contributed by atoms with Crippen LogP contribution in [0.3, 0.4) is 0 Å². The van der Waals surface area contributed by atoms with E-state index in [1.54, 1.807) is 0 Å². The lowest BCUT2D eigenvalue weighted by Crippen LogP contribution is -2.37. The van der Waals surface area contributed by atoms with E-state index in [4.69, 9.17) is 23.2 Å². The second kappa shape index (κ2) is 5.34. The highest BCUT2D eigenvalue weighted by molar-refractivity contribution is 6.66. The molecule has 3 rings (SSSR count). The van der Waals surface area contributed by atoms with Crippen LogP contribution in [0, 0.1) is 17.8 Å². The number of benzene rings is 1. The van der Waals surface area contributed by atoms with Gasteiger partial charge in [0.15, 0.2) is 0 Å². The van der Waals surface area contributed by atoms with Gasteiger partial charge in [0.2, 0.25) is 10.5 Å². The van der Waals surface area contributed by atoms with E-state index in [1.807, 2.05) is 12.1 Å². The van der Waals surface area contributed by atoms with Crippen molar-refractivity contribution in [2.45, 2.75) is 19.3 Å². The molecule has 2 aliphatic rings. The van der Waals surface area contributed by atoms with Crippen LogP contribution in [0.4, 0.5) is 0 Å². The van der Waals surface area contributed by atoms with E-state index >= 15 is 0 Å². The summed E-state index contributed by atoms with van der Waals surface area (Å²) in [5.41, 5.74) is 3.64. The van der Waals surface area contributed by atoms with Crippen molar-refractivity contribution in [3.05, 3.63) is 41.5 Å². The van der Waals surface area contributed by atoms with E-state index in [0.717, 1.165) is 18.4 Å². The molecule has 104 valence electrons. The van der Waals surface area contributed by atoms with E-state index in [2.05, 4.69) is 18.2 Å². The highest BCUT2D eigenvalue weighted by Gasteiger charge is 2.43. The fraction of sp³-hybridized carbons (Fsp3) is 0.375. The predicted octanol–water partition coefficient (Wildman–Crippen LogP) is 3.80. The first-order valence-corrected chi connectivity index (χ1v) is 7.52. The molecule has 3 atom stereocenters. The summed E-state index contributed by atoms with van der Waals surface area (Å²) in [6.07, 6.45) is 4.30. The van der Waals surface area contributed by atoms with Gasteiger partial charge in [-0.2, -0.15) is 0 Å². The number of allylic oxidation sites excluding steroid dienone is 2. The Morgan fingerprint density at radius 1 is 1.10 bits per heavy atom. The lowest BCUT2D eigenvalue weighted by molar-refractivity contribution is -0.125. The van der Waals surface area contributed by atoms with E-state index in [9.17, 15) is 9.59 Å². The Morgan fingerprint density at radius 3 is 2.55 bits per heavy atom. The normalized spacial score (nSPS) is 28.1. The molecule has 0 aliphatic heterocycles. The molecule has 1 aromatic carbocycles. The van der Waals surface area contributed by atoms with E-state index in [-0.39, 0.29) is 5.92 Å². The standard InChI is InChI=1S/C16H14Cl2O2/c17-15(19)13-8-7-11-10-4-2-1-3-9(10)5-6-12(11)14(13)16(18)20/h1-4,7,12-14H,5-6,8H2/t12-,13-,14-/m1/s1. The van der Waals surface area contributed by atoms with Crippen LogP contribution in [0.25, 0.3) is 5.57 Å². The van der Waals surface area contributed by atoms with Gasteiger partial charge >= 0.3 is 0 Å². The summed E-state index contributed by atoms with van der Waals surface area (Å²) in [4.78, 5) is 23.4. The van der Waals surface area contributed by atoms with Gasteiger partial charge in [-0.1, -0.05) is 30.3 Å². The van der Waals surface area contributed by atoms with Crippen LogP contribution in [0.1, 0.15) is 24.0 Å². The largest absolute Gasteiger partial charge is 0.281 e. The van der Waals surface area contributed by atoms with Crippen molar-refractivity contribution in [3.63, 3.8) is 0 Å². The minimum atomic E-state index is -0.491. The van der Waals surface area contributed by atoms with E-state index < -0.39 is 22.3 Å². The number of carbonyl (C=O) groups is 2. The maximum Gasteiger partial charge on any atom is 0.226 e. The minimum absolute atomic E-state index is 0.0105. The highest BCUT2D eigenvalue weighted by atomic mass is 35.5. The molecule has 2 nitrogen and oxygen atoms in total. The fourth-order valence-corrected chi connectivity index (χ4v) is 4.08. The molecule has 0 heterocycles. The molecule has 0 saturated heterocycles. The number of carbonyl (C=O) groups excluding carboxylic acids is 2. The summed E-state index contributed by atoms with van der Waals surface area (Å²) in [5.74, 6) is -0.966. The molecule has 4 heteroatoms. The first kappa shape index (κ1) is 13.8. The highest BCUT2D eigenvalue weighted by Crippen LogP contribution is 2.47. The molecule has 0 amide bonds. The molecule has 0 radical (unpaired) electrons. The molecule has 0 aromatic heterocycles. The summed E-state index contributed by atoms with van der Waals surface area (Å²) >= 11 is 11.4. The summed E-state index contributed by atoms with van der Waals surface area (Å²) < 4.78 is 0. The molecule has 1 aromatic rings. The third-order valence-corrected chi connectivity index (χ3v) is 5.00. The zero-order valence-corrected chi connectivity index (χ0v) is 12.3. The lowest BCUT2D eigenvalue weighted by atomic mass is 9.66. The predicted molar refractivity (Wildman–Crippen MR) is 79.5 cm³/mol. The maximum atomic E-state index is 11.8. The molecule has 0 spiro atoms. The summed E-state index contributed by atoms with van der Waals surface area (Å²) in [6, 6.07) is 8.21. The maximum absolute atomic E-state index is 11.8. The van der Waals surface area contributed by atoms with Crippen LogP contribution in [0.5, 0.6) is 0 Å². The Morgan fingerprint density at radius 2 is 1.85 bits per heavy atom.